The zero-order chi connectivity index (χ0) is 24.4. The first kappa shape index (κ1) is 22.5. The molecule has 35 heavy (non-hydrogen) atoms. The lowest BCUT2D eigenvalue weighted by molar-refractivity contribution is 0.0947. The van der Waals surface area contributed by atoms with Crippen LogP contribution in [0.15, 0.2) is 71.9 Å². The highest BCUT2D eigenvalue weighted by Crippen LogP contribution is 2.18. The quantitative estimate of drug-likeness (QED) is 0.363. The van der Waals surface area contributed by atoms with Gasteiger partial charge in [0.15, 0.2) is 5.65 Å². The van der Waals surface area contributed by atoms with E-state index in [-0.39, 0.29) is 29.5 Å². The molecule has 0 atom stereocenters. The van der Waals surface area contributed by atoms with Crippen LogP contribution < -0.4 is 10.9 Å². The maximum absolute atomic E-state index is 13.1. The molecule has 5 aromatic rings. The second kappa shape index (κ2) is 9.51. The Balaban J connectivity index is 1.23. The highest BCUT2D eigenvalue weighted by atomic mass is 35.5. The van der Waals surface area contributed by atoms with Gasteiger partial charge >= 0.3 is 0 Å². The van der Waals surface area contributed by atoms with E-state index in [4.69, 9.17) is 11.6 Å². The number of benzene rings is 2. The third kappa shape index (κ3) is 4.82. The van der Waals surface area contributed by atoms with E-state index in [2.05, 4.69) is 25.6 Å². The first-order valence-corrected chi connectivity index (χ1v) is 11.1. The van der Waals surface area contributed by atoms with E-state index >= 15 is 0 Å². The van der Waals surface area contributed by atoms with Gasteiger partial charge in [-0.05, 0) is 48.0 Å². The zero-order valence-electron chi connectivity index (χ0n) is 18.3. The molecule has 0 saturated carbocycles. The van der Waals surface area contributed by atoms with E-state index in [1.165, 1.54) is 29.2 Å². The SMILES string of the molecule is O=C(NCCn1ncc2c(=O)n(Cc3cccc(Cl)c3)cnc21)c1cc(-c2ccc(F)cc2)n[nH]1. The molecule has 0 fully saturated rings. The normalized spacial score (nSPS) is 11.1. The number of H-pyrrole nitrogens is 1. The molecule has 0 bridgehead atoms. The Morgan fingerprint density at radius 3 is 2.77 bits per heavy atom. The summed E-state index contributed by atoms with van der Waals surface area (Å²) in [7, 11) is 0. The molecule has 0 aliphatic carbocycles. The van der Waals surface area contributed by atoms with E-state index in [1.807, 2.05) is 12.1 Å². The number of nitrogens with one attached hydrogen (secondary N) is 2. The van der Waals surface area contributed by atoms with Gasteiger partial charge in [0.2, 0.25) is 0 Å². The lowest BCUT2D eigenvalue weighted by Gasteiger charge is -2.07. The van der Waals surface area contributed by atoms with Gasteiger partial charge in [-0.3, -0.25) is 19.3 Å². The zero-order valence-corrected chi connectivity index (χ0v) is 19.0. The van der Waals surface area contributed by atoms with Crippen LogP contribution in [0.25, 0.3) is 22.3 Å². The minimum atomic E-state index is -0.348. The van der Waals surface area contributed by atoms with Crippen molar-refractivity contribution < 1.29 is 9.18 Å². The fraction of sp³-hybridized carbons (Fsp3) is 0.125. The molecule has 0 radical (unpaired) electrons. The van der Waals surface area contributed by atoms with Crippen LogP contribution in [-0.2, 0) is 13.1 Å². The molecule has 0 aliphatic heterocycles. The second-order valence-electron chi connectivity index (χ2n) is 7.84. The summed E-state index contributed by atoms with van der Waals surface area (Å²) in [4.78, 5) is 29.7. The molecule has 11 heteroatoms. The van der Waals surface area contributed by atoms with Gasteiger partial charge in [0.25, 0.3) is 11.5 Å². The molecule has 1 amide bonds. The van der Waals surface area contributed by atoms with Crippen LogP contribution in [0.4, 0.5) is 4.39 Å². The van der Waals surface area contributed by atoms with Crippen molar-refractivity contribution in [1.29, 1.82) is 0 Å². The molecule has 0 unspecified atom stereocenters. The topological polar surface area (TPSA) is 110 Å². The Bertz CT molecular complexity index is 1570. The Hall–Kier alpha value is -4.31. The second-order valence-corrected chi connectivity index (χ2v) is 8.28. The number of amides is 1. The van der Waals surface area contributed by atoms with E-state index in [9.17, 15) is 14.0 Å². The van der Waals surface area contributed by atoms with Crippen LogP contribution in [0, 0.1) is 5.82 Å². The molecule has 2 aromatic carbocycles. The molecule has 0 spiro atoms. The van der Waals surface area contributed by atoms with Crippen molar-refractivity contribution in [3.05, 3.63) is 99.6 Å². The average Bonchev–Trinajstić information content (AvgIpc) is 3.50. The van der Waals surface area contributed by atoms with Gasteiger partial charge in [-0.2, -0.15) is 10.2 Å². The largest absolute Gasteiger partial charge is 0.349 e. The number of fused-ring (bicyclic) bond motifs is 1. The first-order valence-electron chi connectivity index (χ1n) is 10.7. The van der Waals surface area contributed by atoms with Gasteiger partial charge in [-0.1, -0.05) is 23.7 Å². The molecule has 0 aliphatic rings. The monoisotopic (exact) mass is 491 g/mol. The number of nitrogens with zero attached hydrogens (tertiary/aromatic N) is 5. The summed E-state index contributed by atoms with van der Waals surface area (Å²) >= 11 is 6.03. The summed E-state index contributed by atoms with van der Waals surface area (Å²) in [6.45, 7) is 0.917. The standard InChI is InChI=1S/C24H19ClFN7O2/c25-17-3-1-2-15(10-17)13-32-14-28-22-19(24(32)35)12-29-33(22)9-8-27-23(34)21-11-20(30-31-21)16-4-6-18(26)7-5-16/h1-7,10-12,14H,8-9,13H2,(H,27,34)(H,30,31). The molecule has 0 saturated heterocycles. The van der Waals surface area contributed by atoms with Crippen molar-refractivity contribution in [2.24, 2.45) is 0 Å². The number of carbonyl (C=O) groups excluding carboxylic acids is 1. The fourth-order valence-electron chi connectivity index (χ4n) is 3.68. The number of carbonyl (C=O) groups is 1. The molecular formula is C24H19ClFN7O2. The van der Waals surface area contributed by atoms with Crippen LogP contribution in [0.2, 0.25) is 5.02 Å². The van der Waals surface area contributed by atoms with Crippen molar-refractivity contribution in [2.75, 3.05) is 6.54 Å². The number of rotatable bonds is 7. The van der Waals surface area contributed by atoms with Gasteiger partial charge in [0.1, 0.15) is 23.2 Å². The lowest BCUT2D eigenvalue weighted by Crippen LogP contribution is -2.28. The third-order valence-electron chi connectivity index (χ3n) is 5.44. The van der Waals surface area contributed by atoms with Gasteiger partial charge < -0.3 is 5.32 Å². The molecule has 2 N–H and O–H groups in total. The van der Waals surface area contributed by atoms with Crippen LogP contribution in [0.3, 0.4) is 0 Å². The molecule has 5 rings (SSSR count). The van der Waals surface area contributed by atoms with Crippen molar-refractivity contribution in [3.63, 3.8) is 0 Å². The Morgan fingerprint density at radius 1 is 1.14 bits per heavy atom. The van der Waals surface area contributed by atoms with Crippen LogP contribution in [-0.4, -0.2) is 42.0 Å². The number of halogens is 2. The Morgan fingerprint density at radius 2 is 1.97 bits per heavy atom. The van der Waals surface area contributed by atoms with E-state index in [0.717, 1.165) is 5.56 Å². The predicted molar refractivity (Wildman–Crippen MR) is 129 cm³/mol. The van der Waals surface area contributed by atoms with Gasteiger partial charge in [-0.25, -0.2) is 14.1 Å². The Labute approximate surface area is 203 Å². The summed E-state index contributed by atoms with van der Waals surface area (Å²) in [5.41, 5.74) is 2.61. The van der Waals surface area contributed by atoms with Crippen molar-refractivity contribution in [2.45, 2.75) is 13.1 Å². The Kier molecular flexibility index (Phi) is 6.11. The first-order chi connectivity index (χ1) is 17.0. The van der Waals surface area contributed by atoms with Crippen LogP contribution in [0.5, 0.6) is 0 Å². The minimum Gasteiger partial charge on any atom is -0.349 e. The van der Waals surface area contributed by atoms with E-state index in [1.54, 1.807) is 35.0 Å². The van der Waals surface area contributed by atoms with Gasteiger partial charge in [0, 0.05) is 17.1 Å². The number of hydrogen-bond acceptors (Lipinski definition) is 5. The number of aromatic amines is 1. The van der Waals surface area contributed by atoms with Crippen molar-refractivity contribution in [1.82, 2.24) is 34.8 Å². The van der Waals surface area contributed by atoms with E-state index in [0.29, 0.717) is 40.4 Å². The van der Waals surface area contributed by atoms with Gasteiger partial charge in [0.05, 0.1) is 25.0 Å². The maximum Gasteiger partial charge on any atom is 0.269 e. The summed E-state index contributed by atoms with van der Waals surface area (Å²) in [5.74, 6) is -0.693. The minimum absolute atomic E-state index is 0.212. The number of hydrogen-bond donors (Lipinski definition) is 2. The fourth-order valence-corrected chi connectivity index (χ4v) is 3.90. The highest BCUT2D eigenvalue weighted by molar-refractivity contribution is 6.30. The predicted octanol–water partition coefficient (Wildman–Crippen LogP) is 3.25. The summed E-state index contributed by atoms with van der Waals surface area (Å²) in [5, 5.41) is 14.8. The summed E-state index contributed by atoms with van der Waals surface area (Å²) < 4.78 is 16.2. The number of aromatic nitrogens is 6. The van der Waals surface area contributed by atoms with E-state index < -0.39 is 0 Å². The van der Waals surface area contributed by atoms with Crippen LogP contribution in [0.1, 0.15) is 16.1 Å². The summed E-state index contributed by atoms with van der Waals surface area (Å²) in [6, 6.07) is 14.7. The molecule has 3 heterocycles. The molecular weight excluding hydrogens is 473 g/mol. The van der Waals surface area contributed by atoms with Gasteiger partial charge in [-0.15, -0.1) is 0 Å². The molecule has 3 aromatic heterocycles. The highest BCUT2D eigenvalue weighted by Gasteiger charge is 2.13. The lowest BCUT2D eigenvalue weighted by atomic mass is 10.1. The third-order valence-corrected chi connectivity index (χ3v) is 5.67. The van der Waals surface area contributed by atoms with Crippen molar-refractivity contribution >= 4 is 28.5 Å². The van der Waals surface area contributed by atoms with Crippen LogP contribution >= 0.6 is 11.6 Å². The summed E-state index contributed by atoms with van der Waals surface area (Å²) in [6.07, 6.45) is 2.95. The smallest absolute Gasteiger partial charge is 0.269 e. The van der Waals surface area contributed by atoms with Crippen molar-refractivity contribution in [3.8, 4) is 11.3 Å². The average molecular weight is 492 g/mol. The molecule has 176 valence electrons. The molecule has 9 nitrogen and oxygen atoms in total. The maximum atomic E-state index is 13.1.